The van der Waals surface area contributed by atoms with E-state index in [9.17, 15) is 14.4 Å². The van der Waals surface area contributed by atoms with Crippen LogP contribution in [0, 0.1) is 0 Å². The molecule has 0 spiro atoms. The molecule has 0 aromatic carbocycles. The Labute approximate surface area is 464 Å². The minimum Gasteiger partial charge on any atom is -0.462 e. The first kappa shape index (κ1) is 71.3. The summed E-state index contributed by atoms with van der Waals surface area (Å²) in [7, 11) is 0. The maximum absolute atomic E-state index is 12.9. The Morgan fingerprint density at radius 3 is 0.867 bits per heavy atom. The zero-order chi connectivity index (χ0) is 54.3. The Morgan fingerprint density at radius 2 is 0.533 bits per heavy atom. The van der Waals surface area contributed by atoms with Crippen LogP contribution in [0.2, 0.25) is 0 Å². The van der Waals surface area contributed by atoms with Crippen molar-refractivity contribution in [3.63, 3.8) is 0 Å². The van der Waals surface area contributed by atoms with Crippen LogP contribution in [-0.2, 0) is 28.6 Å². The highest BCUT2D eigenvalue weighted by Crippen LogP contribution is 2.16. The molecule has 0 aliphatic heterocycles. The van der Waals surface area contributed by atoms with Gasteiger partial charge in [0.15, 0.2) is 6.10 Å². The minimum absolute atomic E-state index is 0.0851. The highest BCUT2D eigenvalue weighted by Gasteiger charge is 2.19. The van der Waals surface area contributed by atoms with E-state index in [2.05, 4.69) is 118 Å². The van der Waals surface area contributed by atoms with Crippen LogP contribution in [-0.4, -0.2) is 37.2 Å². The van der Waals surface area contributed by atoms with E-state index < -0.39 is 6.10 Å². The molecular weight excluding hydrogens is 925 g/mol. The number of ether oxygens (including phenoxy) is 3. The number of allylic oxidation sites excluding steroid dienone is 16. The first-order valence-corrected chi connectivity index (χ1v) is 31.7. The van der Waals surface area contributed by atoms with Crippen molar-refractivity contribution < 1.29 is 28.6 Å². The summed E-state index contributed by atoms with van der Waals surface area (Å²) >= 11 is 0. The first-order chi connectivity index (χ1) is 37.0. The van der Waals surface area contributed by atoms with Crippen LogP contribution < -0.4 is 0 Å². The van der Waals surface area contributed by atoms with Gasteiger partial charge in [-0.25, -0.2) is 0 Å². The number of carbonyl (C=O) groups is 3. The molecule has 0 saturated carbocycles. The van der Waals surface area contributed by atoms with Gasteiger partial charge in [0.05, 0.1) is 0 Å². The van der Waals surface area contributed by atoms with Gasteiger partial charge in [0.1, 0.15) is 13.2 Å². The van der Waals surface area contributed by atoms with Crippen molar-refractivity contribution in [3.8, 4) is 0 Å². The third-order valence-electron chi connectivity index (χ3n) is 13.5. The summed E-state index contributed by atoms with van der Waals surface area (Å²) in [5.74, 6) is -0.899. The van der Waals surface area contributed by atoms with E-state index in [0.29, 0.717) is 19.3 Å². The molecule has 0 amide bonds. The summed E-state index contributed by atoms with van der Waals surface area (Å²) in [5, 5.41) is 0. The third kappa shape index (κ3) is 61.1. The average Bonchev–Trinajstić information content (AvgIpc) is 3.41. The summed E-state index contributed by atoms with van der Waals surface area (Å²) in [5.41, 5.74) is 0. The second-order valence-corrected chi connectivity index (χ2v) is 20.9. The minimum atomic E-state index is -0.788. The molecule has 6 heteroatoms. The number of rotatable bonds is 57. The number of unbranched alkanes of at least 4 members (excludes halogenated alkanes) is 30. The Bertz CT molecular complexity index is 1480. The highest BCUT2D eigenvalue weighted by molar-refractivity contribution is 5.71. The molecule has 430 valence electrons. The van der Waals surface area contributed by atoms with E-state index >= 15 is 0 Å². The molecule has 1 atom stereocenters. The molecule has 6 nitrogen and oxygen atoms in total. The summed E-state index contributed by atoms with van der Waals surface area (Å²) < 4.78 is 16.9. The largest absolute Gasteiger partial charge is 0.462 e. The molecule has 0 rings (SSSR count). The second-order valence-electron chi connectivity index (χ2n) is 20.9. The van der Waals surface area contributed by atoms with Crippen LogP contribution >= 0.6 is 0 Å². The molecule has 0 fully saturated rings. The van der Waals surface area contributed by atoms with Crippen molar-refractivity contribution >= 4 is 17.9 Å². The van der Waals surface area contributed by atoms with E-state index in [1.54, 1.807) is 0 Å². The Kier molecular flexibility index (Phi) is 59.8. The average molecular weight is 1040 g/mol. The number of hydrogen-bond donors (Lipinski definition) is 0. The van der Waals surface area contributed by atoms with Crippen LogP contribution in [0.4, 0.5) is 0 Å². The van der Waals surface area contributed by atoms with Gasteiger partial charge in [-0.15, -0.1) is 0 Å². The monoisotopic (exact) mass is 1040 g/mol. The molecule has 1 unspecified atom stereocenters. The molecule has 0 N–H and O–H groups in total. The fourth-order valence-electron chi connectivity index (χ4n) is 8.78. The predicted molar refractivity (Wildman–Crippen MR) is 325 cm³/mol. The molecule has 0 aliphatic rings. The Morgan fingerprint density at radius 1 is 0.280 bits per heavy atom. The van der Waals surface area contributed by atoms with E-state index in [4.69, 9.17) is 14.2 Å². The van der Waals surface area contributed by atoms with Gasteiger partial charge in [-0.05, 0) is 116 Å². The standard InChI is InChI=1S/C69H118O6/c1-4-7-10-13-16-19-22-24-26-28-30-32-34-36-38-40-42-44-47-50-53-56-59-62-68(71)74-65-66(64-73-67(70)61-58-55-52-49-46-21-18-15-12-9-6-3)75-69(72)63-60-57-54-51-48-45-43-41-39-37-35-33-31-29-27-25-23-20-17-14-11-8-5-2/h7,10,15-16,18-19,23-26,29-32,35,37,66H,4-6,8-9,11-14,17,20-22,27-28,33-34,36,38-65H2,1-3H3/b10-7-,18-15-,19-16-,25-23-,26-24-,31-29-,32-30-,37-35-. The van der Waals surface area contributed by atoms with Crippen LogP contribution in [0.15, 0.2) is 97.2 Å². The maximum Gasteiger partial charge on any atom is 0.306 e. The van der Waals surface area contributed by atoms with Crippen molar-refractivity contribution in [2.45, 2.75) is 309 Å². The maximum atomic E-state index is 12.9. The van der Waals surface area contributed by atoms with E-state index in [0.717, 1.165) is 109 Å². The predicted octanol–water partition coefficient (Wildman–Crippen LogP) is 21.7. The molecule has 0 aromatic rings. The highest BCUT2D eigenvalue weighted by atomic mass is 16.6. The quantitative estimate of drug-likeness (QED) is 0.0261. The van der Waals surface area contributed by atoms with Gasteiger partial charge < -0.3 is 14.2 Å². The molecule has 0 aliphatic carbocycles. The lowest BCUT2D eigenvalue weighted by Crippen LogP contribution is -2.30. The van der Waals surface area contributed by atoms with Gasteiger partial charge in [0.25, 0.3) is 0 Å². The first-order valence-electron chi connectivity index (χ1n) is 31.7. The Hall–Kier alpha value is -3.67. The lowest BCUT2D eigenvalue weighted by atomic mass is 10.1. The van der Waals surface area contributed by atoms with Crippen molar-refractivity contribution in [2.24, 2.45) is 0 Å². The van der Waals surface area contributed by atoms with E-state index in [1.165, 1.54) is 154 Å². The van der Waals surface area contributed by atoms with Gasteiger partial charge in [0.2, 0.25) is 0 Å². The van der Waals surface area contributed by atoms with Crippen LogP contribution in [0.25, 0.3) is 0 Å². The van der Waals surface area contributed by atoms with Gasteiger partial charge in [0, 0.05) is 19.3 Å². The lowest BCUT2D eigenvalue weighted by molar-refractivity contribution is -0.167. The summed E-state index contributed by atoms with van der Waals surface area (Å²) in [6.45, 7) is 6.48. The van der Waals surface area contributed by atoms with Crippen molar-refractivity contribution in [1.29, 1.82) is 0 Å². The number of hydrogen-bond acceptors (Lipinski definition) is 6. The molecule has 0 radical (unpaired) electrons. The lowest BCUT2D eigenvalue weighted by Gasteiger charge is -2.18. The SMILES string of the molecule is CC/C=C\C/C=C\C/C=C\C/C=C\CCCCCCCCCCCCC(=O)OCC(COC(=O)CCCCCCC/C=C\CCCC)OC(=O)CCCCCCCCCC/C=C\C/C=C\C/C=C\CCCCCCC. The molecular formula is C69H118O6. The fraction of sp³-hybridized carbons (Fsp3) is 0.725. The zero-order valence-electron chi connectivity index (χ0n) is 49.3. The van der Waals surface area contributed by atoms with Gasteiger partial charge in [-0.1, -0.05) is 266 Å². The van der Waals surface area contributed by atoms with Crippen LogP contribution in [0.3, 0.4) is 0 Å². The number of esters is 3. The summed E-state index contributed by atoms with van der Waals surface area (Å²) in [6, 6.07) is 0. The van der Waals surface area contributed by atoms with Crippen molar-refractivity contribution in [1.82, 2.24) is 0 Å². The van der Waals surface area contributed by atoms with Crippen LogP contribution in [0.5, 0.6) is 0 Å². The summed E-state index contributed by atoms with van der Waals surface area (Å²) in [4.78, 5) is 38.3. The normalized spacial score (nSPS) is 12.7. The van der Waals surface area contributed by atoms with Gasteiger partial charge in [-0.3, -0.25) is 14.4 Å². The molecule has 0 bridgehead atoms. The molecule has 75 heavy (non-hydrogen) atoms. The Balaban J connectivity index is 4.32. The fourth-order valence-corrected chi connectivity index (χ4v) is 8.78. The van der Waals surface area contributed by atoms with Crippen molar-refractivity contribution in [3.05, 3.63) is 97.2 Å². The van der Waals surface area contributed by atoms with Crippen molar-refractivity contribution in [2.75, 3.05) is 13.2 Å². The smallest absolute Gasteiger partial charge is 0.306 e. The topological polar surface area (TPSA) is 78.9 Å². The summed E-state index contributed by atoms with van der Waals surface area (Å²) in [6.07, 6.45) is 84.1. The second kappa shape index (κ2) is 62.9. The van der Waals surface area contributed by atoms with E-state index in [1.807, 2.05) is 0 Å². The molecule has 0 aromatic heterocycles. The van der Waals surface area contributed by atoms with Crippen LogP contribution in [0.1, 0.15) is 303 Å². The number of carbonyl (C=O) groups excluding carboxylic acids is 3. The third-order valence-corrected chi connectivity index (χ3v) is 13.5. The molecule has 0 saturated heterocycles. The zero-order valence-corrected chi connectivity index (χ0v) is 49.3. The molecule has 0 heterocycles. The van der Waals surface area contributed by atoms with Gasteiger partial charge in [-0.2, -0.15) is 0 Å². The van der Waals surface area contributed by atoms with Gasteiger partial charge >= 0.3 is 17.9 Å². The van der Waals surface area contributed by atoms with E-state index in [-0.39, 0.29) is 31.1 Å².